The number of benzene rings is 1. The van der Waals surface area contributed by atoms with E-state index in [9.17, 15) is 0 Å². The van der Waals surface area contributed by atoms with Gasteiger partial charge in [-0.2, -0.15) is 0 Å². The monoisotopic (exact) mass is 247 g/mol. The van der Waals surface area contributed by atoms with Crippen LogP contribution in [0.15, 0.2) is 18.2 Å². The van der Waals surface area contributed by atoms with Crippen LogP contribution in [-0.2, 0) is 11.2 Å². The number of hydrogen-bond acceptors (Lipinski definition) is 3. The maximum Gasteiger partial charge on any atom is 0.119 e. The molecule has 1 N–H and O–H groups in total. The Morgan fingerprint density at radius 1 is 1.44 bits per heavy atom. The summed E-state index contributed by atoms with van der Waals surface area (Å²) in [6.45, 7) is 5.77. The van der Waals surface area contributed by atoms with Gasteiger partial charge in [0, 0.05) is 24.3 Å². The summed E-state index contributed by atoms with van der Waals surface area (Å²) >= 11 is 0. The van der Waals surface area contributed by atoms with E-state index in [4.69, 9.17) is 9.47 Å². The number of ether oxygens (including phenoxy) is 2. The zero-order valence-corrected chi connectivity index (χ0v) is 11.0. The highest BCUT2D eigenvalue weighted by molar-refractivity contribution is 5.57. The van der Waals surface area contributed by atoms with Crippen LogP contribution in [0.3, 0.4) is 0 Å². The molecule has 0 spiro atoms. The van der Waals surface area contributed by atoms with Crippen molar-refractivity contribution < 1.29 is 9.47 Å². The van der Waals surface area contributed by atoms with Crippen LogP contribution in [0, 0.1) is 5.41 Å². The van der Waals surface area contributed by atoms with Crippen LogP contribution in [0.5, 0.6) is 5.75 Å². The first kappa shape index (κ1) is 11.8. The Morgan fingerprint density at radius 3 is 3.22 bits per heavy atom. The summed E-state index contributed by atoms with van der Waals surface area (Å²) in [6.07, 6.45) is 3.44. The molecule has 98 valence electrons. The fourth-order valence-electron chi connectivity index (χ4n) is 2.73. The molecular formula is C15H21NO2. The van der Waals surface area contributed by atoms with E-state index in [-0.39, 0.29) is 5.41 Å². The maximum absolute atomic E-state index is 5.97. The molecule has 1 aromatic rings. The van der Waals surface area contributed by atoms with E-state index in [2.05, 4.69) is 30.4 Å². The average molecular weight is 247 g/mol. The fourth-order valence-corrected chi connectivity index (χ4v) is 2.73. The molecule has 18 heavy (non-hydrogen) atoms. The highest BCUT2D eigenvalue weighted by Crippen LogP contribution is 2.31. The van der Waals surface area contributed by atoms with Gasteiger partial charge in [0.2, 0.25) is 0 Å². The Balaban J connectivity index is 1.62. The van der Waals surface area contributed by atoms with Crippen LogP contribution in [-0.4, -0.2) is 26.4 Å². The van der Waals surface area contributed by atoms with Gasteiger partial charge >= 0.3 is 0 Å². The lowest BCUT2D eigenvalue weighted by atomic mass is 9.86. The van der Waals surface area contributed by atoms with Crippen LogP contribution in [0.4, 0.5) is 5.69 Å². The summed E-state index contributed by atoms with van der Waals surface area (Å²) in [5.74, 6) is 0.990. The van der Waals surface area contributed by atoms with Crippen molar-refractivity contribution >= 4 is 5.69 Å². The first-order chi connectivity index (χ1) is 8.75. The average Bonchev–Trinajstić information content (AvgIpc) is 2.85. The molecule has 3 heteroatoms. The summed E-state index contributed by atoms with van der Waals surface area (Å²) in [4.78, 5) is 0. The molecule has 1 saturated heterocycles. The molecule has 0 saturated carbocycles. The zero-order chi connectivity index (χ0) is 12.4. The van der Waals surface area contributed by atoms with Gasteiger partial charge in [0.15, 0.2) is 0 Å². The van der Waals surface area contributed by atoms with Gasteiger partial charge < -0.3 is 14.8 Å². The summed E-state index contributed by atoms with van der Waals surface area (Å²) in [6, 6.07) is 6.35. The number of fused-ring (bicyclic) bond motifs is 1. The second-order valence-corrected chi connectivity index (χ2v) is 5.75. The van der Waals surface area contributed by atoms with Crippen LogP contribution < -0.4 is 10.1 Å². The molecule has 3 nitrogen and oxygen atoms in total. The van der Waals surface area contributed by atoms with Gasteiger partial charge in [-0.1, -0.05) is 6.92 Å². The first-order valence-electron chi connectivity index (χ1n) is 6.83. The van der Waals surface area contributed by atoms with Crippen molar-refractivity contribution in [2.24, 2.45) is 5.41 Å². The van der Waals surface area contributed by atoms with Gasteiger partial charge in [-0.05, 0) is 43.0 Å². The van der Waals surface area contributed by atoms with Crippen molar-refractivity contribution in [3.05, 3.63) is 23.8 Å². The van der Waals surface area contributed by atoms with Gasteiger partial charge in [-0.25, -0.2) is 0 Å². The lowest BCUT2D eigenvalue weighted by Crippen LogP contribution is -2.34. The Kier molecular flexibility index (Phi) is 3.16. The highest BCUT2D eigenvalue weighted by Gasteiger charge is 2.28. The Morgan fingerprint density at radius 2 is 2.39 bits per heavy atom. The molecule has 0 bridgehead atoms. The number of hydrogen-bond donors (Lipinski definition) is 1. The molecule has 0 radical (unpaired) electrons. The van der Waals surface area contributed by atoms with E-state index in [1.54, 1.807) is 0 Å². The van der Waals surface area contributed by atoms with Crippen LogP contribution in [0.1, 0.15) is 25.3 Å². The largest absolute Gasteiger partial charge is 0.493 e. The minimum absolute atomic E-state index is 0.176. The van der Waals surface area contributed by atoms with Gasteiger partial charge in [-0.3, -0.25) is 0 Å². The van der Waals surface area contributed by atoms with E-state index in [1.165, 1.54) is 17.7 Å². The second-order valence-electron chi connectivity index (χ2n) is 5.75. The summed E-state index contributed by atoms with van der Waals surface area (Å²) in [5, 5.41) is 3.36. The van der Waals surface area contributed by atoms with Gasteiger partial charge in [0.25, 0.3) is 0 Å². The van der Waals surface area contributed by atoms with Crippen molar-refractivity contribution in [3.63, 3.8) is 0 Å². The Labute approximate surface area is 108 Å². The summed E-state index contributed by atoms with van der Waals surface area (Å²) < 4.78 is 11.5. The van der Waals surface area contributed by atoms with E-state index in [0.29, 0.717) is 0 Å². The third-order valence-electron chi connectivity index (χ3n) is 3.89. The van der Waals surface area contributed by atoms with E-state index in [1.807, 2.05) is 0 Å². The SMILES string of the molecule is CC1(COc2ccc3c(c2)CCN3)CCCOC1. The Hall–Kier alpha value is -1.22. The number of anilines is 1. The highest BCUT2D eigenvalue weighted by atomic mass is 16.5. The predicted octanol–water partition coefficient (Wildman–Crippen LogP) is 2.85. The van der Waals surface area contributed by atoms with Crippen LogP contribution in [0.2, 0.25) is 0 Å². The van der Waals surface area contributed by atoms with E-state index < -0.39 is 0 Å². The third-order valence-corrected chi connectivity index (χ3v) is 3.89. The molecule has 1 unspecified atom stereocenters. The molecule has 1 aromatic carbocycles. The topological polar surface area (TPSA) is 30.5 Å². The number of nitrogens with one attached hydrogen (secondary N) is 1. The molecule has 0 aliphatic carbocycles. The minimum atomic E-state index is 0.176. The summed E-state index contributed by atoms with van der Waals surface area (Å²) in [5.41, 5.74) is 2.81. The minimum Gasteiger partial charge on any atom is -0.493 e. The molecule has 1 atom stereocenters. The van der Waals surface area contributed by atoms with Gasteiger partial charge in [0.1, 0.15) is 5.75 Å². The second kappa shape index (κ2) is 4.81. The van der Waals surface area contributed by atoms with Crippen molar-refractivity contribution in [2.45, 2.75) is 26.2 Å². The first-order valence-corrected chi connectivity index (χ1v) is 6.83. The van der Waals surface area contributed by atoms with Crippen molar-refractivity contribution in [1.82, 2.24) is 0 Å². The van der Waals surface area contributed by atoms with E-state index >= 15 is 0 Å². The molecule has 0 aromatic heterocycles. The van der Waals surface area contributed by atoms with Crippen molar-refractivity contribution in [1.29, 1.82) is 0 Å². The maximum atomic E-state index is 5.97. The van der Waals surface area contributed by atoms with Gasteiger partial charge in [0.05, 0.1) is 13.2 Å². The normalized spacial score (nSPS) is 26.5. The van der Waals surface area contributed by atoms with E-state index in [0.717, 1.165) is 45.0 Å². The smallest absolute Gasteiger partial charge is 0.119 e. The Bertz CT molecular complexity index is 425. The molecule has 2 aliphatic rings. The quantitative estimate of drug-likeness (QED) is 0.891. The van der Waals surface area contributed by atoms with Crippen LogP contribution >= 0.6 is 0 Å². The lowest BCUT2D eigenvalue weighted by molar-refractivity contribution is -0.0214. The van der Waals surface area contributed by atoms with Crippen LogP contribution in [0.25, 0.3) is 0 Å². The molecule has 2 aliphatic heterocycles. The summed E-state index contributed by atoms with van der Waals surface area (Å²) in [7, 11) is 0. The van der Waals surface area contributed by atoms with Crippen molar-refractivity contribution in [3.8, 4) is 5.75 Å². The fraction of sp³-hybridized carbons (Fsp3) is 0.600. The molecule has 2 heterocycles. The van der Waals surface area contributed by atoms with Crippen molar-refractivity contribution in [2.75, 3.05) is 31.7 Å². The van der Waals surface area contributed by atoms with Gasteiger partial charge in [-0.15, -0.1) is 0 Å². The molecule has 1 fully saturated rings. The molecular weight excluding hydrogens is 226 g/mol. The third kappa shape index (κ3) is 2.46. The predicted molar refractivity (Wildman–Crippen MR) is 72.3 cm³/mol. The molecule has 3 rings (SSSR count). The standard InChI is InChI=1S/C15H21NO2/c1-15(6-2-8-17-10-15)11-18-13-3-4-14-12(9-13)5-7-16-14/h3-4,9,16H,2,5-8,10-11H2,1H3. The lowest BCUT2D eigenvalue weighted by Gasteiger charge is -2.33. The molecule has 0 amide bonds. The number of rotatable bonds is 3. The zero-order valence-electron chi connectivity index (χ0n) is 11.0.